The third kappa shape index (κ3) is 3.06. The van der Waals surface area contributed by atoms with E-state index in [1.165, 1.54) is 7.11 Å². The molecule has 0 heterocycles. The molecule has 0 aliphatic carbocycles. The van der Waals surface area contributed by atoms with Crippen LogP contribution in [0.4, 0.5) is 0 Å². The first-order chi connectivity index (χ1) is 8.13. The van der Waals surface area contributed by atoms with Crippen LogP contribution in [0.2, 0.25) is 0 Å². The van der Waals surface area contributed by atoms with Crippen molar-refractivity contribution in [1.29, 1.82) is 0 Å². The van der Waals surface area contributed by atoms with Crippen LogP contribution in [-0.4, -0.2) is 26.0 Å². The molecule has 17 heavy (non-hydrogen) atoms. The lowest BCUT2D eigenvalue weighted by Gasteiger charge is -2.12. The van der Waals surface area contributed by atoms with Gasteiger partial charge in [-0.2, -0.15) is 0 Å². The fraction of sp³-hybridized carbons (Fsp3) is 0.385. The van der Waals surface area contributed by atoms with Crippen LogP contribution < -0.4 is 4.74 Å². The number of methoxy groups -OCH3 is 1. The van der Waals surface area contributed by atoms with Crippen LogP contribution >= 0.6 is 0 Å². The van der Waals surface area contributed by atoms with Crippen LogP contribution in [0.1, 0.15) is 28.4 Å². The first-order valence-electron chi connectivity index (χ1n) is 5.41. The summed E-state index contributed by atoms with van der Waals surface area (Å²) < 4.78 is 10.0. The average molecular weight is 236 g/mol. The van der Waals surface area contributed by atoms with Crippen molar-refractivity contribution in [1.82, 2.24) is 0 Å². The molecule has 0 aromatic heterocycles. The second-order valence-corrected chi connectivity index (χ2v) is 3.58. The van der Waals surface area contributed by atoms with Gasteiger partial charge in [-0.15, -0.1) is 0 Å². The summed E-state index contributed by atoms with van der Waals surface area (Å²) in [4.78, 5) is 22.5. The van der Waals surface area contributed by atoms with Gasteiger partial charge in [0.05, 0.1) is 20.1 Å². The first-order valence-corrected chi connectivity index (χ1v) is 5.41. The van der Waals surface area contributed by atoms with E-state index in [2.05, 4.69) is 0 Å². The molecule has 0 unspecified atom stereocenters. The van der Waals surface area contributed by atoms with Gasteiger partial charge >= 0.3 is 5.97 Å². The molecule has 0 fully saturated rings. The highest BCUT2D eigenvalue weighted by Gasteiger charge is 2.15. The Balaban J connectivity index is 3.13. The number of carbonyl (C=O) groups is 2. The van der Waals surface area contributed by atoms with E-state index in [0.717, 1.165) is 11.8 Å². The molecule has 0 N–H and O–H groups in total. The molecule has 0 bridgehead atoms. The van der Waals surface area contributed by atoms with Crippen LogP contribution in [0.15, 0.2) is 12.1 Å². The Hall–Kier alpha value is -1.84. The van der Waals surface area contributed by atoms with Gasteiger partial charge < -0.3 is 9.47 Å². The molecule has 92 valence electrons. The molecular formula is C13H16O4. The zero-order chi connectivity index (χ0) is 12.8. The molecule has 0 saturated heterocycles. The number of hydrogen-bond acceptors (Lipinski definition) is 4. The summed E-state index contributed by atoms with van der Waals surface area (Å²) in [5, 5.41) is 0. The topological polar surface area (TPSA) is 52.6 Å². The zero-order valence-corrected chi connectivity index (χ0v) is 10.3. The maximum Gasteiger partial charge on any atom is 0.310 e. The highest BCUT2D eigenvalue weighted by molar-refractivity contribution is 5.85. The number of benzene rings is 1. The summed E-state index contributed by atoms with van der Waals surface area (Å²) in [7, 11) is 1.51. The summed E-state index contributed by atoms with van der Waals surface area (Å²) in [6.07, 6.45) is 0.791. The van der Waals surface area contributed by atoms with Crippen LogP contribution in [0, 0.1) is 6.92 Å². The molecule has 0 atom stereocenters. The number of hydrogen-bond donors (Lipinski definition) is 0. The van der Waals surface area contributed by atoms with E-state index >= 15 is 0 Å². The highest BCUT2D eigenvalue weighted by atomic mass is 16.5. The predicted octanol–water partition coefficient (Wildman–Crippen LogP) is 1.92. The van der Waals surface area contributed by atoms with Crippen molar-refractivity contribution in [3.63, 3.8) is 0 Å². The Labute approximate surface area is 101 Å². The van der Waals surface area contributed by atoms with E-state index in [1.54, 1.807) is 19.1 Å². The number of aldehydes is 1. The molecule has 0 amide bonds. The van der Waals surface area contributed by atoms with Gasteiger partial charge in [-0.3, -0.25) is 9.59 Å². The molecule has 1 rings (SSSR count). The van der Waals surface area contributed by atoms with E-state index < -0.39 is 0 Å². The molecule has 4 heteroatoms. The maximum atomic E-state index is 11.5. The molecule has 1 aromatic carbocycles. The summed E-state index contributed by atoms with van der Waals surface area (Å²) in [5.41, 5.74) is 1.90. The number of esters is 1. The van der Waals surface area contributed by atoms with Crippen molar-refractivity contribution in [2.24, 2.45) is 0 Å². The van der Waals surface area contributed by atoms with Crippen molar-refractivity contribution >= 4 is 12.3 Å². The molecule has 4 nitrogen and oxygen atoms in total. The second-order valence-electron chi connectivity index (χ2n) is 3.58. The van der Waals surface area contributed by atoms with Crippen molar-refractivity contribution in [2.75, 3.05) is 13.7 Å². The van der Waals surface area contributed by atoms with Gasteiger partial charge in [-0.25, -0.2) is 0 Å². The van der Waals surface area contributed by atoms with Crippen LogP contribution in [-0.2, 0) is 16.0 Å². The Morgan fingerprint density at radius 1 is 1.41 bits per heavy atom. The Bertz CT molecular complexity index is 424. The van der Waals surface area contributed by atoms with E-state index in [9.17, 15) is 9.59 Å². The largest absolute Gasteiger partial charge is 0.496 e. The van der Waals surface area contributed by atoms with E-state index in [0.29, 0.717) is 23.5 Å². The van der Waals surface area contributed by atoms with Gasteiger partial charge in [-0.1, -0.05) is 6.07 Å². The maximum absolute atomic E-state index is 11.5. The SMILES string of the molecule is CCOC(=O)Cc1c(OC)ccc(C)c1C=O. The highest BCUT2D eigenvalue weighted by Crippen LogP contribution is 2.25. The summed E-state index contributed by atoms with van der Waals surface area (Å²) in [5.74, 6) is 0.172. The Morgan fingerprint density at radius 2 is 2.12 bits per heavy atom. The van der Waals surface area contributed by atoms with E-state index in [1.807, 2.05) is 6.92 Å². The van der Waals surface area contributed by atoms with Gasteiger partial charge in [-0.05, 0) is 25.5 Å². The van der Waals surface area contributed by atoms with Gasteiger partial charge in [0, 0.05) is 11.1 Å². The van der Waals surface area contributed by atoms with Gasteiger partial charge in [0.1, 0.15) is 5.75 Å². The average Bonchev–Trinajstić information content (AvgIpc) is 2.30. The predicted molar refractivity (Wildman–Crippen MR) is 63.5 cm³/mol. The van der Waals surface area contributed by atoms with Crippen molar-refractivity contribution in [2.45, 2.75) is 20.3 Å². The zero-order valence-electron chi connectivity index (χ0n) is 10.3. The van der Waals surface area contributed by atoms with Crippen molar-refractivity contribution in [3.05, 3.63) is 28.8 Å². The van der Waals surface area contributed by atoms with Gasteiger partial charge in [0.2, 0.25) is 0 Å². The smallest absolute Gasteiger partial charge is 0.310 e. The van der Waals surface area contributed by atoms with E-state index in [-0.39, 0.29) is 12.4 Å². The minimum Gasteiger partial charge on any atom is -0.496 e. The molecule has 0 aliphatic rings. The van der Waals surface area contributed by atoms with Gasteiger partial charge in [0.15, 0.2) is 6.29 Å². The van der Waals surface area contributed by atoms with E-state index in [4.69, 9.17) is 9.47 Å². The first kappa shape index (κ1) is 13.2. The summed E-state index contributed by atoms with van der Waals surface area (Å²) in [6.45, 7) is 3.88. The Kier molecular flexibility index (Phi) is 4.69. The molecular weight excluding hydrogens is 220 g/mol. The molecule has 0 spiro atoms. The third-order valence-electron chi connectivity index (χ3n) is 2.50. The van der Waals surface area contributed by atoms with Crippen molar-refractivity contribution in [3.8, 4) is 5.75 Å². The van der Waals surface area contributed by atoms with Crippen LogP contribution in [0.5, 0.6) is 5.75 Å². The lowest BCUT2D eigenvalue weighted by atomic mass is 9.99. The summed E-state index contributed by atoms with van der Waals surface area (Å²) in [6, 6.07) is 3.54. The fourth-order valence-electron chi connectivity index (χ4n) is 1.66. The minimum atomic E-state index is -0.362. The number of rotatable bonds is 5. The number of carbonyl (C=O) groups excluding carboxylic acids is 2. The quantitative estimate of drug-likeness (QED) is 0.579. The molecule has 1 aromatic rings. The fourth-order valence-corrected chi connectivity index (χ4v) is 1.66. The molecule has 0 aliphatic heterocycles. The van der Waals surface area contributed by atoms with Crippen LogP contribution in [0.25, 0.3) is 0 Å². The molecule has 0 radical (unpaired) electrons. The lowest BCUT2D eigenvalue weighted by molar-refractivity contribution is -0.142. The Morgan fingerprint density at radius 3 is 2.65 bits per heavy atom. The van der Waals surface area contributed by atoms with Gasteiger partial charge in [0.25, 0.3) is 0 Å². The molecule has 0 saturated carbocycles. The second kappa shape index (κ2) is 6.03. The van der Waals surface area contributed by atoms with Crippen LogP contribution in [0.3, 0.4) is 0 Å². The monoisotopic (exact) mass is 236 g/mol. The summed E-state index contributed by atoms with van der Waals surface area (Å²) >= 11 is 0. The standard InChI is InChI=1S/C13H16O4/c1-4-17-13(15)7-10-11(8-14)9(2)5-6-12(10)16-3/h5-6,8H,4,7H2,1-3H3. The van der Waals surface area contributed by atoms with Crippen molar-refractivity contribution < 1.29 is 19.1 Å². The number of aryl methyl sites for hydroxylation is 1. The third-order valence-corrected chi connectivity index (χ3v) is 2.50. The minimum absolute atomic E-state index is 0.0484. The number of ether oxygens (including phenoxy) is 2. The lowest BCUT2D eigenvalue weighted by Crippen LogP contribution is -2.11. The normalized spacial score (nSPS) is 9.82.